The molecule has 4 nitrogen and oxygen atoms in total. The van der Waals surface area contributed by atoms with Crippen molar-refractivity contribution in [2.45, 2.75) is 60.7 Å². The number of rotatable bonds is 8. The monoisotopic (exact) mass is 296 g/mol. The smallest absolute Gasteiger partial charge is 0.336 e. The van der Waals surface area contributed by atoms with Gasteiger partial charge in [0.2, 0.25) is 0 Å². The predicted molar refractivity (Wildman–Crippen MR) is 83.5 cm³/mol. The van der Waals surface area contributed by atoms with Crippen molar-refractivity contribution in [1.29, 1.82) is 0 Å². The molecule has 0 aliphatic heterocycles. The highest BCUT2D eigenvalue weighted by Gasteiger charge is 2.37. The molecule has 21 heavy (non-hydrogen) atoms. The van der Waals surface area contributed by atoms with Gasteiger partial charge in [-0.1, -0.05) is 47.3 Å². The highest BCUT2D eigenvalue weighted by atomic mass is 16.7. The van der Waals surface area contributed by atoms with Crippen molar-refractivity contribution in [3.05, 3.63) is 24.3 Å². The second kappa shape index (κ2) is 8.01. The molecule has 0 aromatic carbocycles. The number of carbonyl (C=O) groups is 2. The van der Waals surface area contributed by atoms with E-state index >= 15 is 0 Å². The summed E-state index contributed by atoms with van der Waals surface area (Å²) in [5, 5.41) is 0. The Morgan fingerprint density at radius 3 is 1.71 bits per heavy atom. The van der Waals surface area contributed by atoms with E-state index in [4.69, 9.17) is 9.47 Å². The molecule has 0 aromatic heterocycles. The van der Waals surface area contributed by atoms with Crippen molar-refractivity contribution in [2.24, 2.45) is 11.3 Å². The maximum atomic E-state index is 11.8. The standard InChI is InChI=1S/C17H28O4/c1-9-13(6)10-17(7,8)16(20-14(18)11(2)3)21-15(19)12(4)5/h13,16H,2,4,9-10H2,1,3,5-8H3. The van der Waals surface area contributed by atoms with Crippen LogP contribution in [0.3, 0.4) is 0 Å². The molecule has 1 atom stereocenters. The molecule has 4 heteroatoms. The van der Waals surface area contributed by atoms with Gasteiger partial charge in [0.05, 0.1) is 0 Å². The highest BCUT2D eigenvalue weighted by Crippen LogP contribution is 2.34. The Morgan fingerprint density at radius 2 is 1.43 bits per heavy atom. The van der Waals surface area contributed by atoms with Crippen LogP contribution in [0.4, 0.5) is 0 Å². The molecule has 0 heterocycles. The Labute approximate surface area is 128 Å². The van der Waals surface area contributed by atoms with Crippen LogP contribution in [0.1, 0.15) is 54.4 Å². The number of carbonyl (C=O) groups excluding carboxylic acids is 2. The summed E-state index contributed by atoms with van der Waals surface area (Å²) in [6, 6.07) is 0. The Hall–Kier alpha value is -1.58. The second-order valence-electron chi connectivity index (χ2n) is 6.41. The van der Waals surface area contributed by atoms with Crippen LogP contribution in [0.25, 0.3) is 0 Å². The molecule has 0 spiro atoms. The van der Waals surface area contributed by atoms with Gasteiger partial charge in [0.15, 0.2) is 0 Å². The molecule has 0 rings (SSSR count). The molecule has 0 radical (unpaired) electrons. The van der Waals surface area contributed by atoms with Gasteiger partial charge in [0, 0.05) is 16.6 Å². The fourth-order valence-corrected chi connectivity index (χ4v) is 1.88. The molecule has 0 aliphatic carbocycles. The van der Waals surface area contributed by atoms with E-state index in [1.807, 2.05) is 13.8 Å². The Kier molecular flexibility index (Phi) is 7.41. The Bertz CT molecular complexity index is 393. The van der Waals surface area contributed by atoms with Crippen LogP contribution in [0.5, 0.6) is 0 Å². The van der Waals surface area contributed by atoms with Gasteiger partial charge in [-0.3, -0.25) is 0 Å². The largest absolute Gasteiger partial charge is 0.421 e. The van der Waals surface area contributed by atoms with Crippen LogP contribution < -0.4 is 0 Å². The summed E-state index contributed by atoms with van der Waals surface area (Å²) in [6.45, 7) is 18.3. The predicted octanol–water partition coefficient (Wildman–Crippen LogP) is 4.01. The lowest BCUT2D eigenvalue weighted by Crippen LogP contribution is -2.39. The van der Waals surface area contributed by atoms with Crippen molar-refractivity contribution < 1.29 is 19.1 Å². The van der Waals surface area contributed by atoms with E-state index < -0.39 is 23.6 Å². The quantitative estimate of drug-likeness (QED) is 0.386. The summed E-state index contributed by atoms with van der Waals surface area (Å²) >= 11 is 0. The van der Waals surface area contributed by atoms with E-state index in [1.165, 1.54) is 0 Å². The summed E-state index contributed by atoms with van der Waals surface area (Å²) in [6.07, 6.45) is 0.806. The maximum absolute atomic E-state index is 11.8. The van der Waals surface area contributed by atoms with Crippen LogP contribution in [0.2, 0.25) is 0 Å². The molecule has 0 saturated carbocycles. The van der Waals surface area contributed by atoms with Crippen molar-refractivity contribution >= 4 is 11.9 Å². The van der Waals surface area contributed by atoms with Crippen molar-refractivity contribution in [3.8, 4) is 0 Å². The first kappa shape index (κ1) is 19.4. The van der Waals surface area contributed by atoms with Gasteiger partial charge in [-0.15, -0.1) is 0 Å². The van der Waals surface area contributed by atoms with Gasteiger partial charge in [-0.25, -0.2) is 9.59 Å². The summed E-state index contributed by atoms with van der Waals surface area (Å²) < 4.78 is 10.6. The lowest BCUT2D eigenvalue weighted by molar-refractivity contribution is -0.206. The number of ether oxygens (including phenoxy) is 2. The van der Waals surface area contributed by atoms with E-state index in [0.29, 0.717) is 5.92 Å². The third-order valence-electron chi connectivity index (χ3n) is 3.33. The van der Waals surface area contributed by atoms with Gasteiger partial charge >= 0.3 is 11.9 Å². The van der Waals surface area contributed by atoms with Crippen LogP contribution in [0.15, 0.2) is 24.3 Å². The molecule has 1 unspecified atom stereocenters. The van der Waals surface area contributed by atoms with E-state index in [-0.39, 0.29) is 11.1 Å². The first-order valence-electron chi connectivity index (χ1n) is 7.24. The zero-order valence-corrected chi connectivity index (χ0v) is 14.1. The van der Waals surface area contributed by atoms with E-state index in [1.54, 1.807) is 13.8 Å². The normalized spacial score (nSPS) is 12.7. The summed E-state index contributed by atoms with van der Waals surface area (Å²) in [4.78, 5) is 23.5. The third kappa shape index (κ3) is 6.61. The molecule has 0 amide bonds. The number of hydrogen-bond acceptors (Lipinski definition) is 4. The lowest BCUT2D eigenvalue weighted by Gasteiger charge is -2.34. The van der Waals surface area contributed by atoms with Crippen LogP contribution >= 0.6 is 0 Å². The SMILES string of the molecule is C=C(C)C(=O)OC(OC(=O)C(=C)C)C(C)(C)CC(C)CC. The fraction of sp³-hybridized carbons (Fsp3) is 0.647. The average Bonchev–Trinajstić information content (AvgIpc) is 2.36. The van der Waals surface area contributed by atoms with Gasteiger partial charge in [0.1, 0.15) is 0 Å². The van der Waals surface area contributed by atoms with Crippen molar-refractivity contribution in [2.75, 3.05) is 0 Å². The minimum absolute atomic E-state index is 0.269. The molecule has 0 saturated heterocycles. The Balaban J connectivity index is 5.18. The first-order valence-corrected chi connectivity index (χ1v) is 7.24. The molecule has 0 aromatic rings. The van der Waals surface area contributed by atoms with Crippen LogP contribution in [-0.2, 0) is 19.1 Å². The van der Waals surface area contributed by atoms with Gasteiger partial charge in [-0.05, 0) is 26.2 Å². The minimum atomic E-state index is -0.958. The summed E-state index contributed by atoms with van der Waals surface area (Å²) in [5.41, 5.74) is 0.0440. The summed E-state index contributed by atoms with van der Waals surface area (Å²) in [5.74, 6) is -0.701. The zero-order valence-electron chi connectivity index (χ0n) is 14.1. The van der Waals surface area contributed by atoms with Gasteiger partial charge in [-0.2, -0.15) is 0 Å². The molecular formula is C17H28O4. The third-order valence-corrected chi connectivity index (χ3v) is 3.33. The second-order valence-corrected chi connectivity index (χ2v) is 6.41. The van der Waals surface area contributed by atoms with Gasteiger partial charge in [0.25, 0.3) is 6.29 Å². The van der Waals surface area contributed by atoms with Crippen molar-refractivity contribution in [3.63, 3.8) is 0 Å². The molecule has 0 fully saturated rings. The van der Waals surface area contributed by atoms with Crippen molar-refractivity contribution in [1.82, 2.24) is 0 Å². The van der Waals surface area contributed by atoms with Crippen LogP contribution in [-0.4, -0.2) is 18.2 Å². The number of esters is 2. The minimum Gasteiger partial charge on any atom is -0.421 e. The topological polar surface area (TPSA) is 52.6 Å². The van der Waals surface area contributed by atoms with E-state index in [0.717, 1.165) is 12.8 Å². The summed E-state index contributed by atoms with van der Waals surface area (Å²) in [7, 11) is 0. The first-order chi connectivity index (χ1) is 9.51. The molecule has 0 N–H and O–H groups in total. The van der Waals surface area contributed by atoms with Gasteiger partial charge < -0.3 is 9.47 Å². The molecular weight excluding hydrogens is 268 g/mol. The highest BCUT2D eigenvalue weighted by molar-refractivity contribution is 5.88. The number of hydrogen-bond donors (Lipinski definition) is 0. The fourth-order valence-electron chi connectivity index (χ4n) is 1.88. The molecule has 0 aliphatic rings. The van der Waals surface area contributed by atoms with Crippen LogP contribution in [0, 0.1) is 11.3 Å². The molecule has 120 valence electrons. The van der Waals surface area contributed by atoms with E-state index in [2.05, 4.69) is 27.0 Å². The lowest BCUT2D eigenvalue weighted by atomic mass is 9.81. The Morgan fingerprint density at radius 1 is 1.05 bits per heavy atom. The zero-order chi connectivity index (χ0) is 16.8. The maximum Gasteiger partial charge on any atom is 0.336 e. The average molecular weight is 296 g/mol. The molecule has 0 bridgehead atoms. The van der Waals surface area contributed by atoms with E-state index in [9.17, 15) is 9.59 Å².